The Morgan fingerprint density at radius 2 is 2.31 bits per heavy atom. The number of carbonyl (C=O) groups is 2. The predicted molar refractivity (Wildman–Crippen MR) is 61.8 cm³/mol. The standard InChI is InChI=1S/C8H10N2O4S2/c1-2-9(14)3-5-7(13)10(4-6(11)12)8(15)16-5/h3,14H,2,4H2,1H3,(H,11,12). The van der Waals surface area contributed by atoms with Crippen molar-refractivity contribution >= 4 is 40.2 Å². The third kappa shape index (κ3) is 2.94. The molecular weight excluding hydrogens is 252 g/mol. The molecule has 0 spiro atoms. The van der Waals surface area contributed by atoms with Gasteiger partial charge in [0.05, 0.1) is 4.91 Å². The zero-order valence-electron chi connectivity index (χ0n) is 8.41. The molecule has 0 atom stereocenters. The fraction of sp³-hybridized carbons (Fsp3) is 0.375. The molecule has 6 nitrogen and oxygen atoms in total. The number of carboxylic acid groups (broad SMARTS) is 1. The van der Waals surface area contributed by atoms with E-state index in [-0.39, 0.29) is 9.23 Å². The van der Waals surface area contributed by atoms with E-state index < -0.39 is 18.4 Å². The molecule has 1 heterocycles. The minimum Gasteiger partial charge on any atom is -0.480 e. The lowest BCUT2D eigenvalue weighted by Gasteiger charge is -2.11. The van der Waals surface area contributed by atoms with Crippen LogP contribution in [-0.4, -0.2) is 49.6 Å². The lowest BCUT2D eigenvalue weighted by atomic mass is 10.4. The molecule has 0 aromatic heterocycles. The Balaban J connectivity index is 2.82. The quantitative estimate of drug-likeness (QED) is 0.433. The number of carboxylic acids is 1. The number of thioether (sulfide) groups is 1. The van der Waals surface area contributed by atoms with Crippen LogP contribution in [0.25, 0.3) is 0 Å². The molecule has 0 bridgehead atoms. The van der Waals surface area contributed by atoms with Gasteiger partial charge in [0.1, 0.15) is 10.9 Å². The molecule has 1 amide bonds. The number of hydrogen-bond donors (Lipinski definition) is 2. The Bertz CT molecular complexity index is 369. The number of aliphatic carboxylic acids is 1. The fourth-order valence-electron chi connectivity index (χ4n) is 0.989. The SMILES string of the molecule is CCN(O)C=C1SC(=S)N(CC(=O)O)C1=O. The minimum absolute atomic E-state index is 0.183. The van der Waals surface area contributed by atoms with Gasteiger partial charge in [0.15, 0.2) is 0 Å². The molecular formula is C8H10N2O4S2. The van der Waals surface area contributed by atoms with Crippen molar-refractivity contribution in [3.05, 3.63) is 11.1 Å². The minimum atomic E-state index is -1.13. The first kappa shape index (κ1) is 12.9. The average molecular weight is 262 g/mol. The lowest BCUT2D eigenvalue weighted by molar-refractivity contribution is -0.140. The Hall–Kier alpha value is -1.12. The molecule has 1 aliphatic rings. The molecule has 2 N–H and O–H groups in total. The lowest BCUT2D eigenvalue weighted by Crippen LogP contribution is -2.33. The zero-order valence-corrected chi connectivity index (χ0v) is 10.0. The van der Waals surface area contributed by atoms with E-state index in [0.29, 0.717) is 6.54 Å². The second kappa shape index (κ2) is 5.28. The van der Waals surface area contributed by atoms with Crippen molar-refractivity contribution in [2.24, 2.45) is 0 Å². The monoisotopic (exact) mass is 262 g/mol. The van der Waals surface area contributed by atoms with Crippen molar-refractivity contribution in [1.82, 2.24) is 9.96 Å². The van der Waals surface area contributed by atoms with Crippen LogP contribution in [-0.2, 0) is 9.59 Å². The number of amides is 1. The maximum absolute atomic E-state index is 11.7. The maximum atomic E-state index is 11.7. The van der Waals surface area contributed by atoms with Crippen molar-refractivity contribution < 1.29 is 19.9 Å². The summed E-state index contributed by atoms with van der Waals surface area (Å²) >= 11 is 5.84. The molecule has 16 heavy (non-hydrogen) atoms. The highest BCUT2D eigenvalue weighted by molar-refractivity contribution is 8.26. The van der Waals surface area contributed by atoms with Crippen molar-refractivity contribution in [3.8, 4) is 0 Å². The highest BCUT2D eigenvalue weighted by Gasteiger charge is 2.33. The van der Waals surface area contributed by atoms with Crippen LogP contribution >= 0.6 is 24.0 Å². The van der Waals surface area contributed by atoms with E-state index in [9.17, 15) is 14.8 Å². The van der Waals surface area contributed by atoms with Gasteiger partial charge in [-0.15, -0.1) is 0 Å². The largest absolute Gasteiger partial charge is 0.480 e. The number of nitrogens with zero attached hydrogens (tertiary/aromatic N) is 2. The first-order chi connectivity index (χ1) is 7.45. The number of hydroxylamine groups is 2. The van der Waals surface area contributed by atoms with Crippen molar-refractivity contribution in [2.45, 2.75) is 6.92 Å². The van der Waals surface area contributed by atoms with E-state index in [0.717, 1.165) is 21.7 Å². The second-order valence-corrected chi connectivity index (χ2v) is 4.58. The Kier molecular flexibility index (Phi) is 4.27. The smallest absolute Gasteiger partial charge is 0.323 e. The van der Waals surface area contributed by atoms with E-state index in [1.807, 2.05) is 0 Å². The number of carbonyl (C=O) groups excluding carboxylic acids is 1. The molecule has 0 aromatic carbocycles. The molecule has 0 aromatic rings. The summed E-state index contributed by atoms with van der Waals surface area (Å²) in [6.45, 7) is 1.57. The van der Waals surface area contributed by atoms with Gasteiger partial charge < -0.3 is 5.11 Å². The molecule has 0 radical (unpaired) electrons. The van der Waals surface area contributed by atoms with E-state index in [4.69, 9.17) is 17.3 Å². The van der Waals surface area contributed by atoms with E-state index in [2.05, 4.69) is 0 Å². The van der Waals surface area contributed by atoms with Crippen molar-refractivity contribution in [1.29, 1.82) is 0 Å². The Morgan fingerprint density at radius 3 is 2.81 bits per heavy atom. The second-order valence-electron chi connectivity index (χ2n) is 2.90. The van der Waals surface area contributed by atoms with Gasteiger partial charge in [-0.2, -0.15) is 0 Å². The molecule has 88 valence electrons. The topological polar surface area (TPSA) is 81.1 Å². The Morgan fingerprint density at radius 1 is 1.69 bits per heavy atom. The number of rotatable bonds is 4. The van der Waals surface area contributed by atoms with Crippen LogP contribution in [0, 0.1) is 0 Å². The van der Waals surface area contributed by atoms with Crippen LogP contribution in [0.5, 0.6) is 0 Å². The van der Waals surface area contributed by atoms with Gasteiger partial charge in [-0.1, -0.05) is 24.0 Å². The van der Waals surface area contributed by atoms with Gasteiger partial charge in [-0.3, -0.25) is 24.8 Å². The molecule has 0 unspecified atom stereocenters. The van der Waals surface area contributed by atoms with Crippen molar-refractivity contribution in [2.75, 3.05) is 13.1 Å². The highest BCUT2D eigenvalue weighted by Crippen LogP contribution is 2.30. The Labute approximate surface area is 101 Å². The van der Waals surface area contributed by atoms with Crippen LogP contribution in [0.1, 0.15) is 6.92 Å². The predicted octanol–water partition coefficient (Wildman–Crippen LogP) is 0.484. The average Bonchev–Trinajstić information content (AvgIpc) is 2.45. The van der Waals surface area contributed by atoms with Crippen molar-refractivity contribution in [3.63, 3.8) is 0 Å². The number of thiocarbonyl (C=S) groups is 1. The molecule has 1 saturated heterocycles. The molecule has 1 rings (SSSR count). The third-order valence-corrected chi connectivity index (χ3v) is 3.12. The number of hydrogen-bond acceptors (Lipinski definition) is 6. The van der Waals surface area contributed by atoms with Crippen LogP contribution in [0.15, 0.2) is 11.1 Å². The summed E-state index contributed by atoms with van der Waals surface area (Å²) in [6, 6.07) is 0. The van der Waals surface area contributed by atoms with Gasteiger partial charge >= 0.3 is 5.97 Å². The molecule has 1 aliphatic heterocycles. The normalized spacial score (nSPS) is 18.4. The molecule has 0 aliphatic carbocycles. The van der Waals surface area contributed by atoms with Gasteiger partial charge in [0, 0.05) is 12.7 Å². The first-order valence-electron chi connectivity index (χ1n) is 4.38. The molecule has 8 heteroatoms. The van der Waals surface area contributed by atoms with Crippen LogP contribution in [0.2, 0.25) is 0 Å². The summed E-state index contributed by atoms with van der Waals surface area (Å²) in [5.41, 5.74) is 0. The summed E-state index contributed by atoms with van der Waals surface area (Å²) in [6.07, 6.45) is 1.24. The zero-order chi connectivity index (χ0) is 12.3. The van der Waals surface area contributed by atoms with E-state index in [1.165, 1.54) is 6.20 Å². The maximum Gasteiger partial charge on any atom is 0.323 e. The van der Waals surface area contributed by atoms with E-state index >= 15 is 0 Å². The fourth-order valence-corrected chi connectivity index (χ4v) is 2.22. The van der Waals surface area contributed by atoms with E-state index in [1.54, 1.807) is 6.92 Å². The summed E-state index contributed by atoms with van der Waals surface area (Å²) in [5, 5.41) is 18.6. The van der Waals surface area contributed by atoms with Crippen LogP contribution in [0.4, 0.5) is 0 Å². The van der Waals surface area contributed by atoms with Gasteiger partial charge in [-0.25, -0.2) is 0 Å². The summed E-state index contributed by atoms with van der Waals surface area (Å²) in [7, 11) is 0. The van der Waals surface area contributed by atoms with Gasteiger partial charge in [0.2, 0.25) is 0 Å². The summed E-state index contributed by atoms with van der Waals surface area (Å²) in [5.74, 6) is -1.63. The highest BCUT2D eigenvalue weighted by atomic mass is 32.2. The molecule has 1 fully saturated rings. The summed E-state index contributed by atoms with van der Waals surface area (Å²) < 4.78 is 0.183. The van der Waals surface area contributed by atoms with Gasteiger partial charge in [-0.05, 0) is 6.92 Å². The summed E-state index contributed by atoms with van der Waals surface area (Å²) in [4.78, 5) is 23.3. The first-order valence-corrected chi connectivity index (χ1v) is 5.61. The van der Waals surface area contributed by atoms with Crippen LogP contribution < -0.4 is 0 Å². The molecule has 0 saturated carbocycles. The van der Waals surface area contributed by atoms with Gasteiger partial charge in [0.25, 0.3) is 5.91 Å². The van der Waals surface area contributed by atoms with Crippen LogP contribution in [0.3, 0.4) is 0 Å². The third-order valence-electron chi connectivity index (χ3n) is 1.76.